The minimum absolute atomic E-state index is 0.168. The average molecular weight is 350 g/mol. The largest absolute Gasteiger partial charge is 0.573 e. The van der Waals surface area contributed by atoms with Crippen LogP contribution in [-0.2, 0) is 9.59 Å². The zero-order valence-corrected chi connectivity index (χ0v) is 12.8. The van der Waals surface area contributed by atoms with E-state index in [1.165, 1.54) is 17.1 Å². The first-order valence-corrected chi connectivity index (χ1v) is 7.38. The van der Waals surface area contributed by atoms with Gasteiger partial charge in [-0.25, -0.2) is 0 Å². The third-order valence-corrected chi connectivity index (χ3v) is 3.76. The van der Waals surface area contributed by atoms with Gasteiger partial charge in [0.05, 0.1) is 5.69 Å². The van der Waals surface area contributed by atoms with Crippen LogP contribution in [0.15, 0.2) is 59.5 Å². The Morgan fingerprint density at radius 1 is 1.16 bits per heavy atom. The number of fused-ring (bicyclic) bond motifs is 1. The number of benzene rings is 1. The minimum atomic E-state index is -4.78. The number of ether oxygens (including phenoxy) is 1. The lowest BCUT2D eigenvalue weighted by atomic mass is 9.91. The van der Waals surface area contributed by atoms with E-state index in [0.717, 1.165) is 17.7 Å². The van der Waals surface area contributed by atoms with Gasteiger partial charge >= 0.3 is 6.36 Å². The van der Waals surface area contributed by atoms with Crippen LogP contribution >= 0.6 is 0 Å². The quantitative estimate of drug-likeness (QED) is 0.514. The van der Waals surface area contributed by atoms with Crippen LogP contribution in [0.25, 0.3) is 0 Å². The Bertz CT molecular complexity index is 792. The molecule has 0 saturated heterocycles. The van der Waals surface area contributed by atoms with E-state index in [2.05, 4.69) is 10.2 Å². The van der Waals surface area contributed by atoms with E-state index in [1.54, 1.807) is 6.20 Å². The zero-order chi connectivity index (χ0) is 18.0. The molecule has 0 bridgehead atoms. The molecule has 0 atom stereocenters. The SMILES string of the molecule is O=CC(=O)C1=C2CC=CCC2=CNN1c1ccc(OC(F)(F)F)cc1. The van der Waals surface area contributed by atoms with Crippen LogP contribution in [0.4, 0.5) is 18.9 Å². The maximum Gasteiger partial charge on any atom is 0.573 e. The highest BCUT2D eigenvalue weighted by Gasteiger charge is 2.32. The summed E-state index contributed by atoms with van der Waals surface area (Å²) in [5.74, 6) is -1.08. The summed E-state index contributed by atoms with van der Waals surface area (Å²) in [6.45, 7) is 0. The van der Waals surface area contributed by atoms with Crippen LogP contribution in [-0.4, -0.2) is 18.4 Å². The normalized spacial score (nSPS) is 16.8. The molecule has 2 aliphatic rings. The number of rotatable bonds is 4. The van der Waals surface area contributed by atoms with E-state index in [0.29, 0.717) is 24.1 Å². The number of halogens is 3. The molecule has 1 aliphatic heterocycles. The van der Waals surface area contributed by atoms with Gasteiger partial charge in [-0.3, -0.25) is 14.6 Å². The molecule has 0 amide bonds. The van der Waals surface area contributed by atoms with Crippen molar-refractivity contribution in [1.82, 2.24) is 5.43 Å². The fourth-order valence-corrected chi connectivity index (χ4v) is 2.72. The summed E-state index contributed by atoms with van der Waals surface area (Å²) in [4.78, 5) is 23.2. The number of anilines is 1. The number of hydrazine groups is 1. The standard InChI is InChI=1S/C17H13F3N2O3/c18-17(19,20)25-13-7-5-12(6-8-13)22-16(15(24)10-23)14-4-2-1-3-11(14)9-21-22/h1-2,5-10,21H,3-4H2. The van der Waals surface area contributed by atoms with Crippen molar-refractivity contribution in [1.29, 1.82) is 0 Å². The molecule has 1 aromatic rings. The Balaban J connectivity index is 1.95. The van der Waals surface area contributed by atoms with E-state index >= 15 is 0 Å². The van der Waals surface area contributed by atoms with Crippen LogP contribution in [0.3, 0.4) is 0 Å². The van der Waals surface area contributed by atoms with Crippen LogP contribution in [0.2, 0.25) is 0 Å². The summed E-state index contributed by atoms with van der Waals surface area (Å²) in [6, 6.07) is 5.00. The topological polar surface area (TPSA) is 58.6 Å². The molecule has 0 saturated carbocycles. The second-order valence-electron chi connectivity index (χ2n) is 5.36. The van der Waals surface area contributed by atoms with Gasteiger partial charge in [0.2, 0.25) is 5.78 Å². The Morgan fingerprint density at radius 2 is 1.84 bits per heavy atom. The summed E-state index contributed by atoms with van der Waals surface area (Å²) in [5.41, 5.74) is 5.08. The first-order valence-electron chi connectivity index (χ1n) is 7.38. The molecule has 0 aromatic heterocycles. The van der Waals surface area contributed by atoms with E-state index in [-0.39, 0.29) is 17.7 Å². The number of hydrogen-bond donors (Lipinski definition) is 1. The second kappa shape index (κ2) is 6.46. The van der Waals surface area contributed by atoms with Gasteiger partial charge in [0.25, 0.3) is 0 Å². The first-order chi connectivity index (χ1) is 11.9. The van der Waals surface area contributed by atoms with E-state index < -0.39 is 12.1 Å². The molecule has 1 aromatic carbocycles. The van der Waals surface area contributed by atoms with Gasteiger partial charge in [-0.15, -0.1) is 13.2 Å². The number of allylic oxidation sites excluding steroid dienone is 5. The first kappa shape index (κ1) is 16.8. The Labute approximate surface area is 141 Å². The number of carbonyl (C=O) groups is 2. The molecule has 130 valence electrons. The fourth-order valence-electron chi connectivity index (χ4n) is 2.72. The number of ketones is 1. The number of nitrogens with one attached hydrogen (secondary N) is 1. The van der Waals surface area contributed by atoms with Crippen molar-refractivity contribution in [2.45, 2.75) is 19.2 Å². The highest BCUT2D eigenvalue weighted by atomic mass is 19.4. The molecule has 1 heterocycles. The molecule has 0 unspecified atom stereocenters. The van der Waals surface area contributed by atoms with Crippen LogP contribution in [0.1, 0.15) is 12.8 Å². The van der Waals surface area contributed by atoms with Crippen LogP contribution < -0.4 is 15.2 Å². The monoisotopic (exact) mass is 350 g/mol. The van der Waals surface area contributed by atoms with Crippen molar-refractivity contribution in [3.05, 3.63) is 59.5 Å². The molecular weight excluding hydrogens is 337 g/mol. The predicted molar refractivity (Wildman–Crippen MR) is 83.3 cm³/mol. The van der Waals surface area contributed by atoms with Gasteiger partial charge in [-0.05, 0) is 48.3 Å². The number of nitrogens with zero attached hydrogens (tertiary/aromatic N) is 1. The second-order valence-corrected chi connectivity index (χ2v) is 5.36. The summed E-state index contributed by atoms with van der Waals surface area (Å²) in [5, 5.41) is 1.38. The summed E-state index contributed by atoms with van der Waals surface area (Å²) in [6.07, 6.45) is 2.13. The molecule has 0 fully saturated rings. The van der Waals surface area contributed by atoms with Crippen molar-refractivity contribution >= 4 is 17.8 Å². The van der Waals surface area contributed by atoms with Gasteiger partial charge in [-0.1, -0.05) is 12.2 Å². The van der Waals surface area contributed by atoms with Crippen LogP contribution in [0.5, 0.6) is 5.75 Å². The molecule has 1 N–H and O–H groups in total. The van der Waals surface area contributed by atoms with Crippen molar-refractivity contribution in [3.8, 4) is 5.75 Å². The smallest absolute Gasteiger partial charge is 0.406 e. The predicted octanol–water partition coefficient (Wildman–Crippen LogP) is 3.17. The number of alkyl halides is 3. The third-order valence-electron chi connectivity index (χ3n) is 3.76. The molecular formula is C17H13F3N2O3. The number of hydrogen-bond acceptors (Lipinski definition) is 5. The van der Waals surface area contributed by atoms with Crippen LogP contribution in [0, 0.1) is 0 Å². The van der Waals surface area contributed by atoms with Crippen molar-refractivity contribution in [3.63, 3.8) is 0 Å². The molecule has 8 heteroatoms. The van der Waals surface area contributed by atoms with E-state index in [4.69, 9.17) is 0 Å². The Kier molecular flexibility index (Phi) is 4.35. The lowest BCUT2D eigenvalue weighted by molar-refractivity contribution is -0.274. The van der Waals surface area contributed by atoms with Gasteiger partial charge in [-0.2, -0.15) is 0 Å². The Morgan fingerprint density at radius 3 is 2.48 bits per heavy atom. The van der Waals surface area contributed by atoms with Gasteiger partial charge < -0.3 is 10.2 Å². The third kappa shape index (κ3) is 3.57. The Hall–Kier alpha value is -3.03. The summed E-state index contributed by atoms with van der Waals surface area (Å²) < 4.78 is 40.6. The molecule has 1 aliphatic carbocycles. The van der Waals surface area contributed by atoms with Gasteiger partial charge in [0.15, 0.2) is 6.29 Å². The van der Waals surface area contributed by atoms with E-state index in [1.807, 2.05) is 12.2 Å². The van der Waals surface area contributed by atoms with Crippen molar-refractivity contribution < 1.29 is 27.5 Å². The summed E-state index contributed by atoms with van der Waals surface area (Å²) in [7, 11) is 0. The van der Waals surface area contributed by atoms with Gasteiger partial charge in [0.1, 0.15) is 11.4 Å². The lowest BCUT2D eigenvalue weighted by Gasteiger charge is -2.33. The zero-order valence-electron chi connectivity index (χ0n) is 12.8. The number of aldehydes is 1. The van der Waals surface area contributed by atoms with Gasteiger partial charge in [0, 0.05) is 6.20 Å². The highest BCUT2D eigenvalue weighted by molar-refractivity contribution is 6.34. The highest BCUT2D eigenvalue weighted by Crippen LogP contribution is 2.34. The maximum absolute atomic E-state index is 12.2. The number of Topliss-reactive ketones (excluding diaryl/α,β-unsaturated/α-hetero) is 1. The molecule has 25 heavy (non-hydrogen) atoms. The van der Waals surface area contributed by atoms with Crippen molar-refractivity contribution in [2.24, 2.45) is 0 Å². The van der Waals surface area contributed by atoms with Crippen molar-refractivity contribution in [2.75, 3.05) is 5.01 Å². The van der Waals surface area contributed by atoms with E-state index in [9.17, 15) is 22.8 Å². The molecule has 3 rings (SSSR count). The maximum atomic E-state index is 12.2. The lowest BCUT2D eigenvalue weighted by Crippen LogP contribution is -2.41. The molecule has 0 spiro atoms. The molecule has 0 radical (unpaired) electrons. The number of carbonyl (C=O) groups excluding carboxylic acids is 2. The minimum Gasteiger partial charge on any atom is -0.406 e. The summed E-state index contributed by atoms with van der Waals surface area (Å²) >= 11 is 0. The molecule has 5 nitrogen and oxygen atoms in total. The fraction of sp³-hybridized carbons (Fsp3) is 0.176. The average Bonchev–Trinajstić information content (AvgIpc) is 2.59.